The zero-order valence-corrected chi connectivity index (χ0v) is 16.6. The standard InChI is InChI=1S/C20H20N4O2S/c1-11-21-19-16(13-9-20(2,3)26-10-15(13)27-19)18-22-17(23-24(11)18)12-7-5-6-8-14(12)25-4/h5-8H,9-10H2,1-4H3. The molecule has 0 radical (unpaired) electrons. The number of aromatic nitrogens is 4. The summed E-state index contributed by atoms with van der Waals surface area (Å²) in [5.41, 5.74) is 2.84. The van der Waals surface area contributed by atoms with Crippen LogP contribution in [0.15, 0.2) is 24.3 Å². The van der Waals surface area contributed by atoms with Crippen LogP contribution in [0.1, 0.15) is 30.1 Å². The zero-order chi connectivity index (χ0) is 18.8. The summed E-state index contributed by atoms with van der Waals surface area (Å²) < 4.78 is 13.3. The van der Waals surface area contributed by atoms with E-state index in [1.54, 1.807) is 18.4 Å². The topological polar surface area (TPSA) is 61.5 Å². The number of benzene rings is 1. The predicted octanol–water partition coefficient (Wildman–Crippen LogP) is 4.17. The van der Waals surface area contributed by atoms with Crippen molar-refractivity contribution in [2.75, 3.05) is 7.11 Å². The first-order valence-electron chi connectivity index (χ1n) is 8.92. The summed E-state index contributed by atoms with van der Waals surface area (Å²) in [5.74, 6) is 2.23. The van der Waals surface area contributed by atoms with E-state index in [-0.39, 0.29) is 5.60 Å². The van der Waals surface area contributed by atoms with Crippen LogP contribution in [0.4, 0.5) is 0 Å². The highest BCUT2D eigenvalue weighted by Gasteiger charge is 2.31. The summed E-state index contributed by atoms with van der Waals surface area (Å²) in [6, 6.07) is 7.82. The van der Waals surface area contributed by atoms with Crippen molar-refractivity contribution < 1.29 is 9.47 Å². The molecule has 3 aromatic heterocycles. The molecule has 0 saturated heterocycles. The van der Waals surface area contributed by atoms with Crippen molar-refractivity contribution in [1.29, 1.82) is 0 Å². The van der Waals surface area contributed by atoms with Gasteiger partial charge < -0.3 is 9.47 Å². The Labute approximate surface area is 160 Å². The van der Waals surface area contributed by atoms with Crippen LogP contribution in [0.5, 0.6) is 5.75 Å². The number of aryl methyl sites for hydroxylation is 1. The number of thiophene rings is 1. The highest BCUT2D eigenvalue weighted by atomic mass is 32.1. The molecular formula is C20H20N4O2S. The third-order valence-electron chi connectivity index (χ3n) is 5.02. The predicted molar refractivity (Wildman–Crippen MR) is 105 cm³/mol. The van der Waals surface area contributed by atoms with Crippen LogP contribution in [-0.4, -0.2) is 32.3 Å². The molecule has 1 aromatic carbocycles. The van der Waals surface area contributed by atoms with Crippen LogP contribution in [0.3, 0.4) is 0 Å². The minimum absolute atomic E-state index is 0.186. The van der Waals surface area contributed by atoms with Gasteiger partial charge in [0, 0.05) is 11.3 Å². The van der Waals surface area contributed by atoms with Crippen LogP contribution in [0.2, 0.25) is 0 Å². The van der Waals surface area contributed by atoms with E-state index in [2.05, 4.69) is 13.8 Å². The number of fused-ring (bicyclic) bond motifs is 5. The summed E-state index contributed by atoms with van der Waals surface area (Å²) in [5, 5.41) is 5.84. The number of ether oxygens (including phenoxy) is 2. The minimum atomic E-state index is -0.186. The van der Waals surface area contributed by atoms with Crippen molar-refractivity contribution in [3.63, 3.8) is 0 Å². The van der Waals surface area contributed by atoms with Gasteiger partial charge >= 0.3 is 0 Å². The molecule has 0 atom stereocenters. The monoisotopic (exact) mass is 380 g/mol. The summed E-state index contributed by atoms with van der Waals surface area (Å²) in [7, 11) is 1.66. The molecule has 5 rings (SSSR count). The van der Waals surface area contributed by atoms with Gasteiger partial charge in [-0.15, -0.1) is 16.4 Å². The summed E-state index contributed by atoms with van der Waals surface area (Å²) in [6.07, 6.45) is 0.847. The summed E-state index contributed by atoms with van der Waals surface area (Å²) in [6.45, 7) is 6.85. The quantitative estimate of drug-likeness (QED) is 0.522. The fourth-order valence-electron chi connectivity index (χ4n) is 3.69. The van der Waals surface area contributed by atoms with E-state index in [9.17, 15) is 0 Å². The van der Waals surface area contributed by atoms with Crippen LogP contribution in [0, 0.1) is 6.92 Å². The molecule has 138 valence electrons. The SMILES string of the molecule is COc1ccccc1-c1nc2c3c4c(sc3nc(C)n2n1)COC(C)(C)C4. The van der Waals surface area contributed by atoms with Gasteiger partial charge in [-0.05, 0) is 38.5 Å². The molecule has 0 unspecified atom stereocenters. The molecule has 7 heteroatoms. The second-order valence-corrected chi connectivity index (χ2v) is 8.52. The lowest BCUT2D eigenvalue weighted by atomic mass is 9.94. The molecule has 0 spiro atoms. The van der Waals surface area contributed by atoms with Crippen molar-refractivity contribution in [2.45, 2.75) is 39.4 Å². The van der Waals surface area contributed by atoms with Crippen LogP contribution >= 0.6 is 11.3 Å². The second-order valence-electron chi connectivity index (χ2n) is 7.44. The highest BCUT2D eigenvalue weighted by molar-refractivity contribution is 7.19. The first-order chi connectivity index (χ1) is 13.0. The van der Waals surface area contributed by atoms with E-state index in [1.165, 1.54) is 10.4 Å². The molecule has 0 amide bonds. The first kappa shape index (κ1) is 16.6. The van der Waals surface area contributed by atoms with Gasteiger partial charge in [0.25, 0.3) is 0 Å². The van der Waals surface area contributed by atoms with Gasteiger partial charge in [-0.3, -0.25) is 0 Å². The average molecular weight is 380 g/mol. The lowest BCUT2D eigenvalue weighted by Gasteiger charge is -2.30. The van der Waals surface area contributed by atoms with E-state index >= 15 is 0 Å². The van der Waals surface area contributed by atoms with Crippen molar-refractivity contribution in [2.24, 2.45) is 0 Å². The lowest BCUT2D eigenvalue weighted by molar-refractivity contribution is -0.0379. The summed E-state index contributed by atoms with van der Waals surface area (Å²) in [4.78, 5) is 12.0. The van der Waals surface area contributed by atoms with Crippen LogP contribution < -0.4 is 4.74 Å². The number of para-hydroxylation sites is 1. The number of nitrogens with zero attached hydrogens (tertiary/aromatic N) is 4. The normalized spacial score (nSPS) is 16.0. The second kappa shape index (κ2) is 5.74. The number of methoxy groups -OCH3 is 1. The van der Waals surface area contributed by atoms with E-state index in [0.29, 0.717) is 12.4 Å². The number of hydrogen-bond donors (Lipinski definition) is 0. The van der Waals surface area contributed by atoms with Gasteiger partial charge in [0.15, 0.2) is 11.5 Å². The smallest absolute Gasteiger partial charge is 0.185 e. The Morgan fingerprint density at radius 2 is 2.04 bits per heavy atom. The van der Waals surface area contributed by atoms with Crippen LogP contribution in [0.25, 0.3) is 27.3 Å². The summed E-state index contributed by atoms with van der Waals surface area (Å²) >= 11 is 1.70. The molecule has 4 aromatic rings. The van der Waals surface area contributed by atoms with E-state index in [1.807, 2.05) is 35.7 Å². The molecule has 4 heterocycles. The Morgan fingerprint density at radius 1 is 1.22 bits per heavy atom. The third kappa shape index (κ3) is 2.53. The Morgan fingerprint density at radius 3 is 2.85 bits per heavy atom. The fraction of sp³-hybridized carbons (Fsp3) is 0.350. The van der Waals surface area contributed by atoms with Crippen molar-refractivity contribution >= 4 is 27.2 Å². The maximum Gasteiger partial charge on any atom is 0.185 e. The van der Waals surface area contributed by atoms with Gasteiger partial charge in [-0.1, -0.05) is 12.1 Å². The van der Waals surface area contributed by atoms with E-state index in [0.717, 1.165) is 39.4 Å². The van der Waals surface area contributed by atoms with Crippen molar-refractivity contribution in [1.82, 2.24) is 19.6 Å². The van der Waals surface area contributed by atoms with E-state index in [4.69, 9.17) is 24.5 Å². The maximum atomic E-state index is 5.99. The lowest BCUT2D eigenvalue weighted by Crippen LogP contribution is -2.31. The highest BCUT2D eigenvalue weighted by Crippen LogP contribution is 2.40. The maximum absolute atomic E-state index is 5.99. The van der Waals surface area contributed by atoms with Gasteiger partial charge in [0.2, 0.25) is 0 Å². The Bertz CT molecular complexity index is 1190. The number of hydrogen-bond acceptors (Lipinski definition) is 6. The fourth-order valence-corrected chi connectivity index (χ4v) is 4.83. The average Bonchev–Trinajstić information content (AvgIpc) is 3.22. The molecule has 6 nitrogen and oxygen atoms in total. The van der Waals surface area contributed by atoms with Crippen molar-refractivity contribution in [3.05, 3.63) is 40.5 Å². The van der Waals surface area contributed by atoms with Gasteiger partial charge in [0.1, 0.15) is 16.4 Å². The van der Waals surface area contributed by atoms with Crippen LogP contribution in [-0.2, 0) is 17.8 Å². The van der Waals surface area contributed by atoms with Gasteiger partial charge in [0.05, 0.1) is 30.3 Å². The van der Waals surface area contributed by atoms with Crippen molar-refractivity contribution in [3.8, 4) is 17.1 Å². The Hall–Kier alpha value is -2.51. The molecule has 0 N–H and O–H groups in total. The zero-order valence-electron chi connectivity index (χ0n) is 15.7. The molecule has 0 fully saturated rings. The minimum Gasteiger partial charge on any atom is -0.496 e. The molecule has 0 aliphatic carbocycles. The largest absolute Gasteiger partial charge is 0.496 e. The molecule has 1 aliphatic rings. The Kier molecular flexibility index (Phi) is 3.54. The van der Waals surface area contributed by atoms with Gasteiger partial charge in [-0.2, -0.15) is 4.52 Å². The molecule has 1 aliphatic heterocycles. The van der Waals surface area contributed by atoms with Gasteiger partial charge in [-0.25, -0.2) is 9.97 Å². The molecular weight excluding hydrogens is 360 g/mol. The Balaban J connectivity index is 1.81. The molecule has 0 bridgehead atoms. The third-order valence-corrected chi connectivity index (χ3v) is 6.12. The van der Waals surface area contributed by atoms with E-state index < -0.39 is 0 Å². The first-order valence-corrected chi connectivity index (χ1v) is 9.73. The molecule has 27 heavy (non-hydrogen) atoms. The number of rotatable bonds is 2. The molecule has 0 saturated carbocycles.